The Morgan fingerprint density at radius 2 is 1.73 bits per heavy atom. The fourth-order valence-corrected chi connectivity index (χ4v) is 2.91. The van der Waals surface area contributed by atoms with Gasteiger partial charge in [0.1, 0.15) is 0 Å². The summed E-state index contributed by atoms with van der Waals surface area (Å²) in [6.07, 6.45) is 0. The Labute approximate surface area is 136 Å². The van der Waals surface area contributed by atoms with E-state index in [-0.39, 0.29) is 5.41 Å². The minimum atomic E-state index is 0.167. The van der Waals surface area contributed by atoms with E-state index in [1.165, 1.54) is 16.9 Å². The van der Waals surface area contributed by atoms with Crippen molar-refractivity contribution < 1.29 is 0 Å². The van der Waals surface area contributed by atoms with E-state index < -0.39 is 0 Å². The van der Waals surface area contributed by atoms with Crippen molar-refractivity contribution in [3.8, 4) is 0 Å². The highest BCUT2D eigenvalue weighted by molar-refractivity contribution is 5.64. The highest BCUT2D eigenvalue weighted by Crippen LogP contribution is 2.33. The molecule has 0 radical (unpaired) electrons. The zero-order valence-electron chi connectivity index (χ0n) is 15.2. The van der Waals surface area contributed by atoms with Crippen LogP contribution >= 0.6 is 0 Å². The Morgan fingerprint density at radius 1 is 1.09 bits per heavy atom. The Morgan fingerprint density at radius 3 is 2.27 bits per heavy atom. The van der Waals surface area contributed by atoms with Crippen molar-refractivity contribution in [3.05, 3.63) is 23.8 Å². The summed E-state index contributed by atoms with van der Waals surface area (Å²) in [6, 6.07) is 6.97. The summed E-state index contributed by atoms with van der Waals surface area (Å²) in [6.45, 7) is 16.9. The number of rotatable bonds is 4. The van der Waals surface area contributed by atoms with Crippen LogP contribution in [-0.4, -0.2) is 44.7 Å². The molecule has 0 amide bonds. The minimum absolute atomic E-state index is 0.167. The van der Waals surface area contributed by atoms with E-state index in [4.69, 9.17) is 0 Å². The van der Waals surface area contributed by atoms with Crippen LogP contribution in [0, 0.1) is 5.92 Å². The third-order valence-electron chi connectivity index (χ3n) is 4.38. The third-order valence-corrected chi connectivity index (χ3v) is 4.38. The maximum atomic E-state index is 3.67. The first-order valence-corrected chi connectivity index (χ1v) is 8.59. The van der Waals surface area contributed by atoms with E-state index in [1.54, 1.807) is 0 Å². The molecule has 0 bridgehead atoms. The van der Waals surface area contributed by atoms with Crippen molar-refractivity contribution in [2.75, 3.05) is 50.0 Å². The fraction of sp³-hybridized carbons (Fsp3) is 0.684. The lowest BCUT2D eigenvalue weighted by atomic mass is 9.85. The van der Waals surface area contributed by atoms with Crippen molar-refractivity contribution in [1.29, 1.82) is 0 Å². The molecule has 1 aliphatic heterocycles. The number of likely N-dealkylation sites (N-methyl/N-ethyl adjacent to an activating group) is 1. The number of nitrogens with zero attached hydrogens (tertiary/aromatic N) is 2. The topological polar surface area (TPSA) is 18.5 Å². The summed E-state index contributed by atoms with van der Waals surface area (Å²) in [5, 5.41) is 3.67. The Hall–Kier alpha value is -1.22. The second-order valence-electron chi connectivity index (χ2n) is 8.04. The molecule has 1 aliphatic rings. The Bertz CT molecular complexity index is 480. The molecule has 3 nitrogen and oxygen atoms in total. The van der Waals surface area contributed by atoms with Crippen molar-refractivity contribution >= 4 is 11.4 Å². The first-order valence-electron chi connectivity index (χ1n) is 8.59. The van der Waals surface area contributed by atoms with Crippen molar-refractivity contribution in [2.45, 2.75) is 40.0 Å². The molecule has 0 atom stereocenters. The van der Waals surface area contributed by atoms with Gasteiger partial charge >= 0.3 is 0 Å². The number of hydrogen-bond donors (Lipinski definition) is 1. The SMILES string of the molecule is CC(C)CNc1cc(N2CCN(C)CC2)ccc1C(C)(C)C. The first kappa shape index (κ1) is 17.1. The van der Waals surface area contributed by atoms with Gasteiger partial charge in [-0.3, -0.25) is 0 Å². The lowest BCUT2D eigenvalue weighted by Gasteiger charge is -2.35. The van der Waals surface area contributed by atoms with E-state index in [9.17, 15) is 0 Å². The van der Waals surface area contributed by atoms with Crippen LogP contribution in [0.2, 0.25) is 0 Å². The molecule has 22 heavy (non-hydrogen) atoms. The molecule has 1 fully saturated rings. The first-order chi connectivity index (χ1) is 10.3. The maximum Gasteiger partial charge on any atom is 0.0399 e. The average molecular weight is 303 g/mol. The van der Waals surface area contributed by atoms with Gasteiger partial charge in [0.05, 0.1) is 0 Å². The number of piperazine rings is 1. The normalized spacial score (nSPS) is 17.1. The van der Waals surface area contributed by atoms with Crippen LogP contribution in [0.4, 0.5) is 11.4 Å². The van der Waals surface area contributed by atoms with E-state index in [0.29, 0.717) is 5.92 Å². The summed E-state index contributed by atoms with van der Waals surface area (Å²) in [5.74, 6) is 0.653. The summed E-state index contributed by atoms with van der Waals surface area (Å²) < 4.78 is 0. The Kier molecular flexibility index (Phi) is 5.38. The number of nitrogens with one attached hydrogen (secondary N) is 1. The molecule has 0 aromatic heterocycles. The van der Waals surface area contributed by atoms with E-state index in [1.807, 2.05) is 0 Å². The van der Waals surface area contributed by atoms with Crippen LogP contribution in [0.1, 0.15) is 40.2 Å². The fourth-order valence-electron chi connectivity index (χ4n) is 2.91. The molecule has 2 rings (SSSR count). The Balaban J connectivity index is 2.24. The van der Waals surface area contributed by atoms with Crippen molar-refractivity contribution in [1.82, 2.24) is 4.90 Å². The molecule has 1 N–H and O–H groups in total. The van der Waals surface area contributed by atoms with Gasteiger partial charge in [-0.15, -0.1) is 0 Å². The molecular formula is C19H33N3. The molecule has 0 aliphatic carbocycles. The predicted molar refractivity (Wildman–Crippen MR) is 98.2 cm³/mol. The van der Waals surface area contributed by atoms with Gasteiger partial charge < -0.3 is 15.1 Å². The molecule has 0 unspecified atom stereocenters. The number of benzene rings is 1. The number of anilines is 2. The van der Waals surface area contributed by atoms with Crippen molar-refractivity contribution in [3.63, 3.8) is 0 Å². The largest absolute Gasteiger partial charge is 0.384 e. The van der Waals surface area contributed by atoms with Gasteiger partial charge in [0, 0.05) is 44.1 Å². The average Bonchev–Trinajstić information content (AvgIpc) is 2.44. The maximum absolute atomic E-state index is 3.67. The van der Waals surface area contributed by atoms with E-state index in [0.717, 1.165) is 32.7 Å². The molecule has 1 aromatic rings. The lowest BCUT2D eigenvalue weighted by Crippen LogP contribution is -2.44. The van der Waals surface area contributed by atoms with Crippen LogP contribution in [0.25, 0.3) is 0 Å². The van der Waals surface area contributed by atoms with Gasteiger partial charge in [0.15, 0.2) is 0 Å². The van der Waals surface area contributed by atoms with Crippen molar-refractivity contribution in [2.24, 2.45) is 5.92 Å². The monoisotopic (exact) mass is 303 g/mol. The van der Waals surface area contributed by atoms with Gasteiger partial charge in [-0.2, -0.15) is 0 Å². The lowest BCUT2D eigenvalue weighted by molar-refractivity contribution is 0.313. The van der Waals surface area contributed by atoms with E-state index in [2.05, 4.69) is 75.0 Å². The van der Waals surface area contributed by atoms with Gasteiger partial charge in [0.25, 0.3) is 0 Å². The molecule has 3 heteroatoms. The minimum Gasteiger partial charge on any atom is -0.384 e. The van der Waals surface area contributed by atoms with E-state index >= 15 is 0 Å². The summed E-state index contributed by atoms with van der Waals surface area (Å²) in [4.78, 5) is 4.91. The second kappa shape index (κ2) is 6.91. The second-order valence-corrected chi connectivity index (χ2v) is 8.04. The van der Waals surface area contributed by atoms with Crippen LogP contribution < -0.4 is 10.2 Å². The highest BCUT2D eigenvalue weighted by Gasteiger charge is 2.20. The third kappa shape index (κ3) is 4.39. The molecule has 1 saturated heterocycles. The molecule has 0 spiro atoms. The van der Waals surface area contributed by atoms with Gasteiger partial charge in [-0.1, -0.05) is 40.7 Å². The predicted octanol–water partition coefficient (Wildman–Crippen LogP) is 3.80. The van der Waals surface area contributed by atoms with Gasteiger partial charge in [0.2, 0.25) is 0 Å². The summed E-state index contributed by atoms with van der Waals surface area (Å²) >= 11 is 0. The molecular weight excluding hydrogens is 270 g/mol. The van der Waals surface area contributed by atoms with Crippen LogP contribution in [0.15, 0.2) is 18.2 Å². The zero-order chi connectivity index (χ0) is 16.3. The molecule has 1 aromatic carbocycles. The molecule has 124 valence electrons. The molecule has 1 heterocycles. The smallest absolute Gasteiger partial charge is 0.0399 e. The zero-order valence-corrected chi connectivity index (χ0v) is 15.2. The van der Waals surface area contributed by atoms with Gasteiger partial charge in [-0.05, 0) is 36.1 Å². The van der Waals surface area contributed by atoms with Crippen LogP contribution in [0.3, 0.4) is 0 Å². The van der Waals surface area contributed by atoms with Gasteiger partial charge in [-0.25, -0.2) is 0 Å². The molecule has 0 saturated carbocycles. The quantitative estimate of drug-likeness (QED) is 0.912. The summed E-state index contributed by atoms with van der Waals surface area (Å²) in [7, 11) is 2.20. The summed E-state index contributed by atoms with van der Waals surface area (Å²) in [5.41, 5.74) is 4.23. The van der Waals surface area contributed by atoms with Crippen LogP contribution in [0.5, 0.6) is 0 Å². The highest BCUT2D eigenvalue weighted by atomic mass is 15.2. The number of hydrogen-bond acceptors (Lipinski definition) is 3. The van der Waals surface area contributed by atoms with Crippen LogP contribution in [-0.2, 0) is 5.41 Å². The standard InChI is InChI=1S/C19H33N3/c1-15(2)14-20-18-13-16(7-8-17(18)19(3,4)5)22-11-9-21(6)10-12-22/h7-8,13,15,20H,9-12,14H2,1-6H3.